The number of nitrogens with one attached hydrogen (secondary N) is 2. The van der Waals surface area contributed by atoms with Crippen LogP contribution in [0.5, 0.6) is 0 Å². The molecule has 0 fully saturated rings. The summed E-state index contributed by atoms with van der Waals surface area (Å²) in [6.45, 7) is 1.66. The van der Waals surface area contributed by atoms with Crippen molar-refractivity contribution in [1.82, 2.24) is 15.6 Å². The quantitative estimate of drug-likeness (QED) is 0.550. The molecule has 0 bridgehead atoms. The van der Waals surface area contributed by atoms with Gasteiger partial charge in [0.25, 0.3) is 5.91 Å². The van der Waals surface area contributed by atoms with Gasteiger partial charge in [-0.1, -0.05) is 30.3 Å². The highest BCUT2D eigenvalue weighted by atomic mass is 32.1. The van der Waals surface area contributed by atoms with Gasteiger partial charge in [-0.15, -0.1) is 11.3 Å². The van der Waals surface area contributed by atoms with E-state index in [2.05, 4.69) is 15.6 Å². The molecule has 2 atom stereocenters. The Hall–Kier alpha value is -2.78. The van der Waals surface area contributed by atoms with Crippen LogP contribution in [0, 0.1) is 6.92 Å². The predicted molar refractivity (Wildman–Crippen MR) is 104 cm³/mol. The van der Waals surface area contributed by atoms with Gasteiger partial charge in [0.1, 0.15) is 6.04 Å². The highest BCUT2D eigenvalue weighted by Crippen LogP contribution is 2.12. The molecule has 3 N–H and O–H groups in total. The average Bonchev–Trinajstić information content (AvgIpc) is 3.11. The van der Waals surface area contributed by atoms with Gasteiger partial charge in [0.05, 0.1) is 6.61 Å². The summed E-state index contributed by atoms with van der Waals surface area (Å²) in [5, 5.41) is 14.6. The molecule has 2 amide bonds. The summed E-state index contributed by atoms with van der Waals surface area (Å²) in [5.74, 6) is -2.26. The maximum Gasteiger partial charge on any atom is 0.328 e. The van der Waals surface area contributed by atoms with E-state index in [0.29, 0.717) is 12.8 Å². The van der Waals surface area contributed by atoms with Crippen LogP contribution >= 0.6 is 11.3 Å². The van der Waals surface area contributed by atoms with Gasteiger partial charge in [-0.25, -0.2) is 9.78 Å². The minimum atomic E-state index is -1.21. The lowest BCUT2D eigenvalue weighted by atomic mass is 10.0. The van der Waals surface area contributed by atoms with Crippen molar-refractivity contribution in [2.75, 3.05) is 13.7 Å². The average molecular weight is 405 g/mol. The van der Waals surface area contributed by atoms with Gasteiger partial charge in [-0.2, -0.15) is 0 Å². The highest BCUT2D eigenvalue weighted by Gasteiger charge is 2.27. The number of nitrogens with zero attached hydrogens (tertiary/aromatic N) is 1. The maximum absolute atomic E-state index is 12.7. The molecule has 9 heteroatoms. The number of carboxylic acids is 1. The Morgan fingerprint density at radius 1 is 1.18 bits per heavy atom. The third-order valence-electron chi connectivity index (χ3n) is 3.95. The van der Waals surface area contributed by atoms with E-state index < -0.39 is 29.9 Å². The molecule has 1 aromatic carbocycles. The number of rotatable bonds is 10. The summed E-state index contributed by atoms with van der Waals surface area (Å²) >= 11 is 1.22. The van der Waals surface area contributed by atoms with E-state index in [4.69, 9.17) is 4.74 Å². The standard InChI is InChI=1S/C19H23N3O5S/c1-12-10-20-18(28-12)17(24)21-14(9-8-13-6-4-3-5-7-13)16(23)22-15(11-27-2)19(25)26/h3-7,10,14-15H,8-9,11H2,1-2H3,(H,21,24)(H,22,23)(H,25,26)/t14-,15-/m0/s1. The summed E-state index contributed by atoms with van der Waals surface area (Å²) < 4.78 is 4.84. The lowest BCUT2D eigenvalue weighted by Gasteiger charge is -2.21. The Morgan fingerprint density at radius 3 is 2.46 bits per heavy atom. The molecule has 28 heavy (non-hydrogen) atoms. The largest absolute Gasteiger partial charge is 0.480 e. The molecule has 0 unspecified atom stereocenters. The monoisotopic (exact) mass is 405 g/mol. The van der Waals surface area contributed by atoms with Gasteiger partial charge in [0, 0.05) is 18.2 Å². The number of carbonyl (C=O) groups is 3. The zero-order valence-electron chi connectivity index (χ0n) is 15.7. The first kappa shape index (κ1) is 21.5. The first-order valence-electron chi connectivity index (χ1n) is 8.70. The number of aliphatic carboxylic acids is 1. The number of hydrogen-bond acceptors (Lipinski definition) is 6. The fraction of sp³-hybridized carbons (Fsp3) is 0.368. The van der Waals surface area contributed by atoms with Gasteiger partial charge in [-0.3, -0.25) is 9.59 Å². The first-order valence-corrected chi connectivity index (χ1v) is 9.51. The molecule has 8 nitrogen and oxygen atoms in total. The fourth-order valence-corrected chi connectivity index (χ4v) is 3.19. The number of aryl methyl sites for hydroxylation is 2. The van der Waals surface area contributed by atoms with E-state index in [1.807, 2.05) is 37.3 Å². The van der Waals surface area contributed by atoms with Gasteiger partial charge in [-0.05, 0) is 25.3 Å². The molecule has 0 saturated heterocycles. The molecule has 0 spiro atoms. The fourth-order valence-electron chi connectivity index (χ4n) is 2.52. The second-order valence-electron chi connectivity index (χ2n) is 6.18. The highest BCUT2D eigenvalue weighted by molar-refractivity contribution is 7.13. The van der Waals surface area contributed by atoms with E-state index >= 15 is 0 Å². The van der Waals surface area contributed by atoms with Gasteiger partial charge in [0.15, 0.2) is 11.0 Å². The molecule has 0 saturated carbocycles. The van der Waals surface area contributed by atoms with Crippen molar-refractivity contribution in [3.8, 4) is 0 Å². The number of hydrogen-bond donors (Lipinski definition) is 3. The predicted octanol–water partition coefficient (Wildman–Crippen LogP) is 1.40. The van der Waals surface area contributed by atoms with Crippen molar-refractivity contribution in [2.24, 2.45) is 0 Å². The third kappa shape index (κ3) is 6.43. The molecule has 2 aromatic rings. The number of carboxylic acid groups (broad SMARTS) is 1. The molecule has 1 aromatic heterocycles. The Bertz CT molecular complexity index is 809. The Balaban J connectivity index is 2.10. The van der Waals surface area contributed by atoms with Crippen molar-refractivity contribution in [1.29, 1.82) is 0 Å². The second kappa shape index (κ2) is 10.5. The smallest absolute Gasteiger partial charge is 0.328 e. The van der Waals surface area contributed by atoms with E-state index in [-0.39, 0.29) is 11.6 Å². The number of benzene rings is 1. The first-order chi connectivity index (χ1) is 13.4. The lowest BCUT2D eigenvalue weighted by molar-refractivity contribution is -0.143. The van der Waals surface area contributed by atoms with Crippen LogP contribution in [0.25, 0.3) is 0 Å². The second-order valence-corrected chi connectivity index (χ2v) is 7.42. The summed E-state index contributed by atoms with van der Waals surface area (Å²) in [4.78, 5) is 41.3. The Morgan fingerprint density at radius 2 is 1.89 bits per heavy atom. The lowest BCUT2D eigenvalue weighted by Crippen LogP contribution is -2.53. The Kier molecular flexibility index (Phi) is 8.09. The molecule has 0 radical (unpaired) electrons. The van der Waals surface area contributed by atoms with Gasteiger partial charge in [0.2, 0.25) is 5.91 Å². The summed E-state index contributed by atoms with van der Waals surface area (Å²) in [6, 6.07) is 7.41. The molecular weight excluding hydrogens is 382 g/mol. The number of amides is 2. The van der Waals surface area contributed by atoms with Crippen molar-refractivity contribution in [2.45, 2.75) is 31.8 Å². The van der Waals surface area contributed by atoms with Crippen LogP contribution in [-0.2, 0) is 20.7 Å². The molecule has 0 aliphatic carbocycles. The molecule has 1 heterocycles. The van der Waals surface area contributed by atoms with E-state index in [9.17, 15) is 19.5 Å². The van der Waals surface area contributed by atoms with Crippen LogP contribution in [0.2, 0.25) is 0 Å². The van der Waals surface area contributed by atoms with Crippen LogP contribution in [0.15, 0.2) is 36.5 Å². The summed E-state index contributed by atoms with van der Waals surface area (Å²) in [5.41, 5.74) is 1.01. The number of methoxy groups -OCH3 is 1. The zero-order chi connectivity index (χ0) is 20.5. The Labute approximate surface area is 166 Å². The topological polar surface area (TPSA) is 118 Å². The normalized spacial score (nSPS) is 12.8. The summed E-state index contributed by atoms with van der Waals surface area (Å²) in [6.07, 6.45) is 2.43. The van der Waals surface area contributed by atoms with E-state index in [1.165, 1.54) is 18.4 Å². The minimum absolute atomic E-state index is 0.175. The van der Waals surface area contributed by atoms with Crippen molar-refractivity contribution < 1.29 is 24.2 Å². The van der Waals surface area contributed by atoms with Crippen molar-refractivity contribution in [3.05, 3.63) is 52.0 Å². The number of ether oxygens (including phenoxy) is 1. The molecular formula is C19H23N3O5S. The molecule has 2 rings (SSSR count). The van der Waals surface area contributed by atoms with Crippen molar-refractivity contribution >= 4 is 29.1 Å². The maximum atomic E-state index is 12.7. The molecule has 0 aliphatic rings. The number of aromatic nitrogens is 1. The van der Waals surface area contributed by atoms with Crippen LogP contribution in [-0.4, -0.2) is 53.7 Å². The van der Waals surface area contributed by atoms with Gasteiger partial charge >= 0.3 is 5.97 Å². The van der Waals surface area contributed by atoms with Crippen LogP contribution in [0.4, 0.5) is 0 Å². The van der Waals surface area contributed by atoms with Crippen LogP contribution in [0.1, 0.15) is 26.7 Å². The molecule has 150 valence electrons. The summed E-state index contributed by atoms with van der Waals surface area (Å²) in [7, 11) is 1.35. The SMILES string of the molecule is COC[C@H](NC(=O)[C@H](CCc1ccccc1)NC(=O)c1ncc(C)s1)C(=O)O. The van der Waals surface area contributed by atoms with Crippen LogP contribution < -0.4 is 10.6 Å². The zero-order valence-corrected chi connectivity index (χ0v) is 16.5. The molecule has 0 aliphatic heterocycles. The third-order valence-corrected chi connectivity index (χ3v) is 4.86. The number of thiazole rings is 1. The minimum Gasteiger partial charge on any atom is -0.480 e. The van der Waals surface area contributed by atoms with E-state index in [0.717, 1.165) is 10.4 Å². The van der Waals surface area contributed by atoms with E-state index in [1.54, 1.807) is 6.20 Å². The van der Waals surface area contributed by atoms with Gasteiger partial charge < -0.3 is 20.5 Å². The van der Waals surface area contributed by atoms with Crippen LogP contribution in [0.3, 0.4) is 0 Å². The number of carbonyl (C=O) groups excluding carboxylic acids is 2. The van der Waals surface area contributed by atoms with Crippen molar-refractivity contribution in [3.63, 3.8) is 0 Å².